The Kier molecular flexibility index (Phi) is 4.97. The number of phenolic OH excluding ortho intramolecular Hbond substituents is 2. The van der Waals surface area contributed by atoms with Crippen LogP contribution in [0.25, 0.3) is 0 Å². The highest BCUT2D eigenvalue weighted by molar-refractivity contribution is 5.51. The second-order valence-corrected chi connectivity index (χ2v) is 6.78. The van der Waals surface area contributed by atoms with Crippen molar-refractivity contribution in [1.82, 2.24) is 0 Å². The SMILES string of the molecule is CCCc1cc(O)c(C2C=C(C)CC[C@H]2C(C)C)c(O)c1. The third-order valence-corrected chi connectivity index (χ3v) is 4.72. The molecule has 1 unspecified atom stereocenters. The molecule has 2 nitrogen and oxygen atoms in total. The minimum absolute atomic E-state index is 0.120. The fourth-order valence-corrected chi connectivity index (χ4v) is 3.59. The van der Waals surface area contributed by atoms with Gasteiger partial charge in [-0.1, -0.05) is 38.8 Å². The van der Waals surface area contributed by atoms with E-state index in [9.17, 15) is 10.2 Å². The predicted molar refractivity (Wildman–Crippen MR) is 87.8 cm³/mol. The molecule has 0 aromatic heterocycles. The first-order valence-corrected chi connectivity index (χ1v) is 8.16. The van der Waals surface area contributed by atoms with Crippen molar-refractivity contribution < 1.29 is 10.2 Å². The quantitative estimate of drug-likeness (QED) is 0.752. The van der Waals surface area contributed by atoms with Crippen LogP contribution in [0.15, 0.2) is 23.8 Å². The molecule has 2 N–H and O–H groups in total. The minimum Gasteiger partial charge on any atom is -0.507 e. The number of aromatic hydroxyl groups is 2. The van der Waals surface area contributed by atoms with E-state index in [-0.39, 0.29) is 17.4 Å². The lowest BCUT2D eigenvalue weighted by Gasteiger charge is -2.33. The monoisotopic (exact) mass is 288 g/mol. The smallest absolute Gasteiger partial charge is 0.123 e. The summed E-state index contributed by atoms with van der Waals surface area (Å²) in [4.78, 5) is 0. The molecule has 1 aliphatic rings. The molecule has 0 saturated heterocycles. The summed E-state index contributed by atoms with van der Waals surface area (Å²) in [6.45, 7) is 8.70. The Bertz CT molecular complexity index is 505. The lowest BCUT2D eigenvalue weighted by Crippen LogP contribution is -2.21. The largest absolute Gasteiger partial charge is 0.507 e. The van der Waals surface area contributed by atoms with E-state index in [0.717, 1.165) is 31.2 Å². The van der Waals surface area contributed by atoms with Gasteiger partial charge in [0.05, 0.1) is 0 Å². The van der Waals surface area contributed by atoms with Gasteiger partial charge in [0.15, 0.2) is 0 Å². The zero-order valence-corrected chi connectivity index (χ0v) is 13.7. The van der Waals surface area contributed by atoms with Gasteiger partial charge in [-0.05, 0) is 55.7 Å². The Balaban J connectivity index is 2.45. The Morgan fingerprint density at radius 1 is 1.19 bits per heavy atom. The molecule has 2 rings (SSSR count). The van der Waals surface area contributed by atoms with Crippen molar-refractivity contribution in [2.75, 3.05) is 0 Å². The fraction of sp³-hybridized carbons (Fsp3) is 0.579. The first-order valence-electron chi connectivity index (χ1n) is 8.16. The van der Waals surface area contributed by atoms with Crippen LogP contribution < -0.4 is 0 Å². The summed E-state index contributed by atoms with van der Waals surface area (Å²) in [6.07, 6.45) is 6.38. The Morgan fingerprint density at radius 2 is 1.81 bits per heavy atom. The molecule has 1 aliphatic carbocycles. The molecule has 1 aromatic carbocycles. The molecule has 0 bridgehead atoms. The fourth-order valence-electron chi connectivity index (χ4n) is 3.59. The van der Waals surface area contributed by atoms with Crippen molar-refractivity contribution in [3.8, 4) is 11.5 Å². The normalized spacial score (nSPS) is 22.4. The van der Waals surface area contributed by atoms with Gasteiger partial charge < -0.3 is 10.2 Å². The van der Waals surface area contributed by atoms with E-state index in [1.807, 2.05) is 12.1 Å². The molecular formula is C19H28O2. The van der Waals surface area contributed by atoms with Crippen LogP contribution in [0.5, 0.6) is 11.5 Å². The highest BCUT2D eigenvalue weighted by Crippen LogP contribution is 2.46. The first-order chi connectivity index (χ1) is 9.93. The van der Waals surface area contributed by atoms with Crippen LogP contribution in [-0.4, -0.2) is 10.2 Å². The number of phenols is 2. The average Bonchev–Trinajstić information content (AvgIpc) is 2.38. The van der Waals surface area contributed by atoms with Crippen LogP contribution in [0.3, 0.4) is 0 Å². The number of hydrogen-bond acceptors (Lipinski definition) is 2. The van der Waals surface area contributed by atoms with Crippen LogP contribution in [0, 0.1) is 11.8 Å². The van der Waals surface area contributed by atoms with Gasteiger partial charge in [0.25, 0.3) is 0 Å². The molecule has 21 heavy (non-hydrogen) atoms. The average molecular weight is 288 g/mol. The zero-order chi connectivity index (χ0) is 15.6. The summed E-state index contributed by atoms with van der Waals surface area (Å²) < 4.78 is 0. The van der Waals surface area contributed by atoms with Crippen molar-refractivity contribution in [2.24, 2.45) is 11.8 Å². The highest BCUT2D eigenvalue weighted by atomic mass is 16.3. The van der Waals surface area contributed by atoms with E-state index in [1.165, 1.54) is 5.57 Å². The van der Waals surface area contributed by atoms with Gasteiger partial charge in [-0.3, -0.25) is 0 Å². The van der Waals surface area contributed by atoms with E-state index in [2.05, 4.69) is 33.8 Å². The molecule has 0 saturated carbocycles. The summed E-state index contributed by atoms with van der Waals surface area (Å²) in [7, 11) is 0. The van der Waals surface area contributed by atoms with Crippen molar-refractivity contribution in [3.63, 3.8) is 0 Å². The van der Waals surface area contributed by atoms with Gasteiger partial charge in [-0.2, -0.15) is 0 Å². The zero-order valence-electron chi connectivity index (χ0n) is 13.7. The van der Waals surface area contributed by atoms with Crippen molar-refractivity contribution >= 4 is 0 Å². The molecule has 0 fully saturated rings. The van der Waals surface area contributed by atoms with E-state index in [4.69, 9.17) is 0 Å². The summed E-state index contributed by atoms with van der Waals surface area (Å²) in [5.74, 6) is 1.63. The molecule has 2 heteroatoms. The second-order valence-electron chi connectivity index (χ2n) is 6.78. The van der Waals surface area contributed by atoms with Crippen molar-refractivity contribution in [1.29, 1.82) is 0 Å². The molecular weight excluding hydrogens is 260 g/mol. The standard InChI is InChI=1S/C19H28O2/c1-5-6-14-10-17(20)19(18(21)11-14)16-9-13(4)7-8-15(16)12(2)3/h9-12,15-16,20-21H,5-8H2,1-4H3/t15-,16?/m0/s1. The van der Waals surface area contributed by atoms with Crippen LogP contribution in [0.2, 0.25) is 0 Å². The first kappa shape index (κ1) is 15.9. The molecule has 0 spiro atoms. The Morgan fingerprint density at radius 3 is 2.33 bits per heavy atom. The van der Waals surface area contributed by atoms with Crippen molar-refractivity contribution in [2.45, 2.75) is 59.3 Å². The minimum atomic E-state index is 0.120. The molecule has 0 radical (unpaired) electrons. The van der Waals surface area contributed by atoms with E-state index < -0.39 is 0 Å². The third-order valence-electron chi connectivity index (χ3n) is 4.72. The van der Waals surface area contributed by atoms with E-state index in [0.29, 0.717) is 17.4 Å². The lowest BCUT2D eigenvalue weighted by molar-refractivity contribution is 0.304. The number of hydrogen-bond donors (Lipinski definition) is 2. The van der Waals surface area contributed by atoms with Gasteiger partial charge in [0.2, 0.25) is 0 Å². The van der Waals surface area contributed by atoms with Gasteiger partial charge in [-0.25, -0.2) is 0 Å². The lowest BCUT2D eigenvalue weighted by atomic mass is 9.71. The topological polar surface area (TPSA) is 40.5 Å². The number of aryl methyl sites for hydroxylation is 1. The number of rotatable bonds is 4. The van der Waals surface area contributed by atoms with Gasteiger partial charge in [0, 0.05) is 11.5 Å². The summed E-state index contributed by atoms with van der Waals surface area (Å²) in [6, 6.07) is 3.65. The maximum absolute atomic E-state index is 10.4. The number of benzene rings is 1. The maximum atomic E-state index is 10.4. The molecule has 1 aromatic rings. The molecule has 0 aliphatic heterocycles. The predicted octanol–water partition coefficient (Wildman–Crippen LogP) is 5.15. The van der Waals surface area contributed by atoms with Crippen LogP contribution >= 0.6 is 0 Å². The van der Waals surface area contributed by atoms with Gasteiger partial charge in [-0.15, -0.1) is 0 Å². The van der Waals surface area contributed by atoms with Crippen LogP contribution in [-0.2, 0) is 6.42 Å². The molecule has 0 amide bonds. The summed E-state index contributed by atoms with van der Waals surface area (Å²) >= 11 is 0. The second kappa shape index (κ2) is 6.55. The molecule has 0 heterocycles. The van der Waals surface area contributed by atoms with Gasteiger partial charge >= 0.3 is 0 Å². The molecule has 2 atom stereocenters. The highest BCUT2D eigenvalue weighted by Gasteiger charge is 2.31. The van der Waals surface area contributed by atoms with Crippen LogP contribution in [0.4, 0.5) is 0 Å². The Hall–Kier alpha value is -1.44. The van der Waals surface area contributed by atoms with Gasteiger partial charge in [0.1, 0.15) is 11.5 Å². The van der Waals surface area contributed by atoms with Crippen LogP contribution in [0.1, 0.15) is 64.0 Å². The van der Waals surface area contributed by atoms with E-state index >= 15 is 0 Å². The summed E-state index contributed by atoms with van der Waals surface area (Å²) in [5.41, 5.74) is 3.08. The van der Waals surface area contributed by atoms with Crippen molar-refractivity contribution in [3.05, 3.63) is 34.9 Å². The maximum Gasteiger partial charge on any atom is 0.123 e. The summed E-state index contributed by atoms with van der Waals surface area (Å²) in [5, 5.41) is 20.9. The van der Waals surface area contributed by atoms with E-state index in [1.54, 1.807) is 0 Å². The Labute approximate surface area is 128 Å². The third kappa shape index (κ3) is 3.42. The number of allylic oxidation sites excluding steroid dienone is 2. The molecule has 116 valence electrons.